The Bertz CT molecular complexity index is 1410. The number of rotatable bonds is 2. The third kappa shape index (κ3) is 2.72. The predicted octanol–water partition coefficient (Wildman–Crippen LogP) is 6.08. The minimum Gasteiger partial charge on any atom is -0.455 e. The molecule has 0 unspecified atom stereocenters. The normalized spacial score (nSPS) is 12.3. The van der Waals surface area contributed by atoms with Gasteiger partial charge < -0.3 is 4.42 Å². The highest BCUT2D eigenvalue weighted by Gasteiger charge is 2.28. The summed E-state index contributed by atoms with van der Waals surface area (Å²) < 4.78 is 8.74. The van der Waals surface area contributed by atoms with Crippen LogP contribution in [0.25, 0.3) is 44.1 Å². The van der Waals surface area contributed by atoms with E-state index in [2.05, 4.69) is 98.8 Å². The van der Waals surface area contributed by atoms with Crippen molar-refractivity contribution in [2.45, 2.75) is 26.6 Å². The van der Waals surface area contributed by atoms with Gasteiger partial charge in [-0.2, -0.15) is 4.57 Å². The number of fused-ring (bicyclic) bond motifs is 4. The van der Waals surface area contributed by atoms with Crippen LogP contribution in [0, 0.1) is 6.92 Å². The zero-order valence-corrected chi connectivity index (χ0v) is 18.7. The lowest BCUT2D eigenvalue weighted by Crippen LogP contribution is -2.43. The fraction of sp³-hybridized carbons (Fsp3) is 0.192. The summed E-state index contributed by atoms with van der Waals surface area (Å²) in [7, 11) is 0.628. The molecule has 2 nitrogen and oxygen atoms in total. The molecular weight excluding hydrogens is 370 g/mol. The van der Waals surface area contributed by atoms with E-state index >= 15 is 0 Å². The number of furan rings is 1. The Balaban J connectivity index is 1.95. The summed E-state index contributed by atoms with van der Waals surface area (Å²) in [5, 5.41) is 5.22. The van der Waals surface area contributed by atoms with Crippen molar-refractivity contribution in [3.8, 4) is 11.3 Å². The highest BCUT2D eigenvalue weighted by atomic mass is 28.3. The predicted molar refractivity (Wildman–Crippen MR) is 126 cm³/mol. The number of benzene rings is 3. The molecular formula is C26H26NOSi+. The molecule has 3 aromatic carbocycles. The summed E-state index contributed by atoms with van der Waals surface area (Å²) in [6.07, 6.45) is 0. The van der Waals surface area contributed by atoms with Crippen molar-refractivity contribution in [2.75, 3.05) is 0 Å². The fourth-order valence-corrected chi connectivity index (χ4v) is 6.09. The van der Waals surface area contributed by atoms with Gasteiger partial charge in [-0.25, -0.2) is 0 Å². The lowest BCUT2D eigenvalue weighted by atomic mass is 10.00. The highest BCUT2D eigenvalue weighted by molar-refractivity contribution is 6.90. The minimum atomic E-state index is -1.55. The van der Waals surface area contributed by atoms with E-state index in [-0.39, 0.29) is 0 Å². The molecule has 0 spiro atoms. The molecule has 0 amide bonds. The maximum absolute atomic E-state index is 6.41. The van der Waals surface area contributed by atoms with Crippen LogP contribution < -0.4 is 9.75 Å². The number of aromatic nitrogens is 1. The first-order valence-electron chi connectivity index (χ1n) is 10.2. The summed E-state index contributed by atoms with van der Waals surface area (Å²) in [4.78, 5) is 0. The van der Waals surface area contributed by atoms with Crippen molar-refractivity contribution in [3.63, 3.8) is 0 Å². The van der Waals surface area contributed by atoms with Crippen LogP contribution in [-0.2, 0) is 7.05 Å². The van der Waals surface area contributed by atoms with Crippen LogP contribution in [-0.4, -0.2) is 8.07 Å². The van der Waals surface area contributed by atoms with Crippen LogP contribution in [0.5, 0.6) is 0 Å². The third-order valence-corrected chi connectivity index (χ3v) is 8.05. The van der Waals surface area contributed by atoms with Gasteiger partial charge in [0.15, 0.2) is 0 Å². The van der Waals surface area contributed by atoms with Gasteiger partial charge >= 0.3 is 0 Å². The first-order chi connectivity index (χ1) is 13.9. The molecule has 0 radical (unpaired) electrons. The second kappa shape index (κ2) is 6.29. The topological polar surface area (TPSA) is 17.0 Å². The molecule has 0 bridgehead atoms. The zero-order valence-electron chi connectivity index (χ0n) is 17.7. The van der Waals surface area contributed by atoms with E-state index < -0.39 is 8.07 Å². The molecule has 29 heavy (non-hydrogen) atoms. The Hall–Kier alpha value is -2.91. The van der Waals surface area contributed by atoms with E-state index in [1.165, 1.54) is 43.7 Å². The van der Waals surface area contributed by atoms with Gasteiger partial charge in [0.25, 0.3) is 0 Å². The second-order valence-electron chi connectivity index (χ2n) is 9.00. The molecule has 0 aliphatic carbocycles. The number of para-hydroxylation sites is 2. The zero-order chi connectivity index (χ0) is 20.3. The summed E-state index contributed by atoms with van der Waals surface area (Å²) in [6, 6.07) is 23.9. The Morgan fingerprint density at radius 2 is 1.48 bits per heavy atom. The van der Waals surface area contributed by atoms with Crippen molar-refractivity contribution in [1.82, 2.24) is 0 Å². The van der Waals surface area contributed by atoms with E-state index in [1.54, 1.807) is 0 Å². The van der Waals surface area contributed by atoms with E-state index in [9.17, 15) is 0 Å². The number of aryl methyl sites for hydroxylation is 2. The summed E-state index contributed by atoms with van der Waals surface area (Å²) >= 11 is 0. The van der Waals surface area contributed by atoms with E-state index in [4.69, 9.17) is 4.42 Å². The van der Waals surface area contributed by atoms with Crippen LogP contribution in [0.4, 0.5) is 0 Å². The molecule has 0 N–H and O–H groups in total. The molecule has 0 atom stereocenters. The standard InChI is InChI=1S/C26H26NOSi/c1-17-14-15-19-18-10-7-9-13-23(18)28-26(19)25(17)22-16-24(29(3,4)5)20-11-6-8-12-21(20)27(22)2/h6-16H,1-5H3/q+1. The molecule has 0 saturated heterocycles. The number of hydrogen-bond donors (Lipinski definition) is 0. The van der Waals surface area contributed by atoms with Gasteiger partial charge in [0.1, 0.15) is 18.2 Å². The van der Waals surface area contributed by atoms with E-state index in [1.807, 2.05) is 6.07 Å². The molecule has 2 heterocycles. The number of nitrogens with zero attached hydrogens (tertiary/aromatic N) is 1. The quantitative estimate of drug-likeness (QED) is 0.261. The largest absolute Gasteiger partial charge is 0.455 e. The van der Waals surface area contributed by atoms with Crippen molar-refractivity contribution < 1.29 is 8.98 Å². The maximum Gasteiger partial charge on any atom is 0.216 e. The van der Waals surface area contributed by atoms with Gasteiger partial charge in [0.2, 0.25) is 11.2 Å². The summed E-state index contributed by atoms with van der Waals surface area (Å²) in [5.74, 6) is 0. The van der Waals surface area contributed by atoms with Crippen molar-refractivity contribution in [2.24, 2.45) is 7.05 Å². The van der Waals surface area contributed by atoms with E-state index in [0.29, 0.717) is 0 Å². The van der Waals surface area contributed by atoms with Crippen LogP contribution in [0.3, 0.4) is 0 Å². The Morgan fingerprint density at radius 3 is 2.24 bits per heavy atom. The van der Waals surface area contributed by atoms with Crippen LogP contribution in [0.1, 0.15) is 5.56 Å². The molecule has 5 aromatic rings. The monoisotopic (exact) mass is 396 g/mol. The van der Waals surface area contributed by atoms with Gasteiger partial charge in [0, 0.05) is 28.3 Å². The highest BCUT2D eigenvalue weighted by Crippen LogP contribution is 2.37. The van der Waals surface area contributed by atoms with Gasteiger partial charge in [-0.05, 0) is 29.8 Å². The minimum absolute atomic E-state index is 0.947. The lowest BCUT2D eigenvalue weighted by molar-refractivity contribution is -0.633. The van der Waals surface area contributed by atoms with Crippen LogP contribution in [0.2, 0.25) is 19.6 Å². The first kappa shape index (κ1) is 18.1. The van der Waals surface area contributed by atoms with Gasteiger partial charge in [-0.3, -0.25) is 0 Å². The van der Waals surface area contributed by atoms with Crippen molar-refractivity contribution in [3.05, 3.63) is 72.3 Å². The molecule has 0 aliphatic heterocycles. The lowest BCUT2D eigenvalue weighted by Gasteiger charge is -2.20. The van der Waals surface area contributed by atoms with Crippen LogP contribution in [0.15, 0.2) is 71.1 Å². The van der Waals surface area contributed by atoms with Gasteiger partial charge in [-0.1, -0.05) is 62.1 Å². The Labute approximate surface area is 172 Å². The van der Waals surface area contributed by atoms with Crippen molar-refractivity contribution in [1.29, 1.82) is 0 Å². The summed E-state index contributed by atoms with van der Waals surface area (Å²) in [5.41, 5.74) is 6.87. The number of pyridine rings is 1. The molecule has 3 heteroatoms. The van der Waals surface area contributed by atoms with Crippen LogP contribution >= 0.6 is 0 Å². The fourth-order valence-electron chi connectivity index (χ4n) is 4.50. The second-order valence-corrected chi connectivity index (χ2v) is 14.0. The molecule has 144 valence electrons. The average molecular weight is 397 g/mol. The maximum atomic E-state index is 6.41. The third-order valence-electron chi connectivity index (χ3n) is 6.02. The molecule has 0 fully saturated rings. The smallest absolute Gasteiger partial charge is 0.216 e. The molecule has 0 aliphatic rings. The SMILES string of the molecule is Cc1ccc2c(oc3ccccc32)c1-c1cc([Si](C)(C)C)c2ccccc2[n+]1C. The number of hydrogen-bond acceptors (Lipinski definition) is 1. The van der Waals surface area contributed by atoms with Gasteiger partial charge in [0.05, 0.1) is 13.6 Å². The van der Waals surface area contributed by atoms with Crippen molar-refractivity contribution >= 4 is 46.1 Å². The average Bonchev–Trinajstić information content (AvgIpc) is 3.07. The van der Waals surface area contributed by atoms with E-state index in [0.717, 1.165) is 11.2 Å². The Morgan fingerprint density at radius 1 is 0.793 bits per heavy atom. The molecule has 0 saturated carbocycles. The summed E-state index contributed by atoms with van der Waals surface area (Å²) in [6.45, 7) is 9.46. The molecule has 2 aromatic heterocycles. The first-order valence-corrected chi connectivity index (χ1v) is 13.7. The Kier molecular flexibility index (Phi) is 3.94. The molecule has 5 rings (SSSR count). The van der Waals surface area contributed by atoms with Gasteiger partial charge in [-0.15, -0.1) is 0 Å².